The monoisotopic (exact) mass is 727 g/mol. The molecule has 1 nitrogen and oxygen atoms in total. The highest BCUT2D eigenvalue weighted by molar-refractivity contribution is 6.02. The average Bonchev–Trinajstić information content (AvgIpc) is 3.71. The molecule has 57 heavy (non-hydrogen) atoms. The van der Waals surface area contributed by atoms with Gasteiger partial charge in [-0.1, -0.05) is 190 Å². The molecule has 0 aromatic heterocycles. The van der Waals surface area contributed by atoms with Crippen LogP contribution in [0.15, 0.2) is 212 Å². The summed E-state index contributed by atoms with van der Waals surface area (Å²) in [6.45, 7) is 4.73. The van der Waals surface area contributed by atoms with Crippen molar-refractivity contribution in [1.82, 2.24) is 0 Å². The van der Waals surface area contributed by atoms with Gasteiger partial charge in [-0.3, -0.25) is 0 Å². The van der Waals surface area contributed by atoms with Gasteiger partial charge in [-0.15, -0.1) is 0 Å². The third-order valence-electron chi connectivity index (χ3n) is 12.7. The molecule has 0 radical (unpaired) electrons. The molecule has 11 rings (SSSR count). The molecule has 0 amide bonds. The summed E-state index contributed by atoms with van der Waals surface area (Å²) in [4.78, 5) is 2.46. The second-order valence-corrected chi connectivity index (χ2v) is 16.1. The summed E-state index contributed by atoms with van der Waals surface area (Å²) >= 11 is 0. The van der Waals surface area contributed by atoms with Crippen LogP contribution >= 0.6 is 0 Å². The zero-order chi connectivity index (χ0) is 38.1. The fraction of sp³-hybridized carbons (Fsp3) is 0.0714. The first-order chi connectivity index (χ1) is 28.0. The number of benzene rings is 9. The predicted molar refractivity (Wildman–Crippen MR) is 239 cm³/mol. The molecule has 9 aromatic carbocycles. The molecule has 0 bridgehead atoms. The molecular formula is C56H41N. The Kier molecular flexibility index (Phi) is 7.50. The summed E-state index contributed by atoms with van der Waals surface area (Å²) in [6, 6.07) is 78.8. The van der Waals surface area contributed by atoms with Crippen molar-refractivity contribution < 1.29 is 0 Å². The number of anilines is 3. The Morgan fingerprint density at radius 1 is 0.351 bits per heavy atom. The fourth-order valence-electron chi connectivity index (χ4n) is 10.1. The lowest BCUT2D eigenvalue weighted by molar-refractivity contribution is 0.660. The van der Waals surface area contributed by atoms with Gasteiger partial charge in [-0.05, 0) is 114 Å². The van der Waals surface area contributed by atoms with Crippen molar-refractivity contribution in [1.29, 1.82) is 0 Å². The number of rotatable bonds is 6. The third kappa shape index (κ3) is 4.95. The third-order valence-corrected chi connectivity index (χ3v) is 12.7. The van der Waals surface area contributed by atoms with Gasteiger partial charge in [0.05, 0.1) is 5.41 Å². The normalized spacial score (nSPS) is 14.1. The van der Waals surface area contributed by atoms with E-state index in [1.54, 1.807) is 0 Å². The van der Waals surface area contributed by atoms with E-state index in [4.69, 9.17) is 0 Å². The first kappa shape index (κ1) is 33.4. The first-order valence-corrected chi connectivity index (χ1v) is 20.0. The minimum atomic E-state index is -0.502. The number of fused-ring (bicyclic) bond motifs is 8. The average molecular weight is 728 g/mol. The van der Waals surface area contributed by atoms with E-state index < -0.39 is 5.41 Å². The molecule has 0 aliphatic heterocycles. The van der Waals surface area contributed by atoms with Gasteiger partial charge >= 0.3 is 0 Å². The molecular weight excluding hydrogens is 687 g/mol. The zero-order valence-electron chi connectivity index (χ0n) is 32.2. The van der Waals surface area contributed by atoms with Crippen molar-refractivity contribution in [2.75, 3.05) is 4.90 Å². The van der Waals surface area contributed by atoms with Crippen molar-refractivity contribution in [2.45, 2.75) is 24.7 Å². The van der Waals surface area contributed by atoms with E-state index in [0.29, 0.717) is 0 Å². The minimum absolute atomic E-state index is 0.119. The first-order valence-electron chi connectivity index (χ1n) is 20.0. The molecule has 2 aliphatic rings. The maximum Gasteiger partial charge on any atom is 0.0719 e. The molecule has 2 aliphatic carbocycles. The van der Waals surface area contributed by atoms with Gasteiger partial charge in [0, 0.05) is 22.5 Å². The van der Waals surface area contributed by atoms with E-state index in [1.165, 1.54) is 77.5 Å². The molecule has 0 saturated carbocycles. The van der Waals surface area contributed by atoms with Crippen molar-refractivity contribution in [3.8, 4) is 33.4 Å². The van der Waals surface area contributed by atoms with Crippen LogP contribution in [0.4, 0.5) is 17.1 Å². The second kappa shape index (κ2) is 12.8. The van der Waals surface area contributed by atoms with Gasteiger partial charge in [0.1, 0.15) is 0 Å². The lowest BCUT2D eigenvalue weighted by Crippen LogP contribution is -2.28. The van der Waals surface area contributed by atoms with Crippen LogP contribution in [0, 0.1) is 0 Å². The van der Waals surface area contributed by atoms with Crippen LogP contribution < -0.4 is 4.90 Å². The van der Waals surface area contributed by atoms with Crippen LogP contribution in [0.2, 0.25) is 0 Å². The van der Waals surface area contributed by atoms with E-state index in [9.17, 15) is 0 Å². The quantitative estimate of drug-likeness (QED) is 0.165. The van der Waals surface area contributed by atoms with Crippen molar-refractivity contribution in [3.05, 3.63) is 246 Å². The molecule has 0 unspecified atom stereocenters. The Hall–Kier alpha value is -6.96. The molecule has 0 N–H and O–H groups in total. The molecule has 0 fully saturated rings. The molecule has 0 saturated heterocycles. The fourth-order valence-corrected chi connectivity index (χ4v) is 10.1. The number of hydrogen-bond acceptors (Lipinski definition) is 1. The zero-order valence-corrected chi connectivity index (χ0v) is 32.2. The maximum absolute atomic E-state index is 2.46. The Morgan fingerprint density at radius 2 is 0.825 bits per heavy atom. The molecule has 9 aromatic rings. The summed E-state index contributed by atoms with van der Waals surface area (Å²) in [7, 11) is 0. The molecule has 0 atom stereocenters. The summed E-state index contributed by atoms with van der Waals surface area (Å²) in [5.74, 6) is 0. The Labute approximate surface area is 335 Å². The van der Waals surface area contributed by atoms with Gasteiger partial charge in [0.25, 0.3) is 0 Å². The van der Waals surface area contributed by atoms with Crippen LogP contribution in [0.1, 0.15) is 47.2 Å². The van der Waals surface area contributed by atoms with Gasteiger partial charge in [-0.2, -0.15) is 0 Å². The summed E-state index contributed by atoms with van der Waals surface area (Å²) in [5, 5.41) is 2.49. The van der Waals surface area contributed by atoms with Crippen molar-refractivity contribution >= 4 is 27.8 Å². The highest BCUT2D eigenvalue weighted by Crippen LogP contribution is 2.58. The Bertz CT molecular complexity index is 2920. The van der Waals surface area contributed by atoms with Gasteiger partial charge in [0.15, 0.2) is 0 Å². The topological polar surface area (TPSA) is 3.24 Å². The van der Waals surface area contributed by atoms with Crippen LogP contribution in [0.25, 0.3) is 44.2 Å². The standard InChI is InChI=1S/C56H41N/c1-55(2)51-24-14-12-22-46(51)48-35-33-45(37-53(48)55)57(43-30-26-39(27-31-43)38-16-6-3-7-17-38)44-32-28-40-29-34-49-47-23-13-15-25-52(47)56(54(49)50(40)36-44,41-18-8-4-9-19-41)42-20-10-5-11-21-42/h3-37H,1-2H3. The smallest absolute Gasteiger partial charge is 0.0719 e. The molecule has 0 spiro atoms. The lowest BCUT2D eigenvalue weighted by Gasteiger charge is -2.35. The van der Waals surface area contributed by atoms with Crippen LogP contribution in [-0.2, 0) is 10.8 Å². The molecule has 270 valence electrons. The largest absolute Gasteiger partial charge is 0.310 e. The van der Waals surface area contributed by atoms with E-state index in [-0.39, 0.29) is 5.41 Å². The number of nitrogens with zero attached hydrogens (tertiary/aromatic N) is 1. The Balaban J connectivity index is 1.17. The minimum Gasteiger partial charge on any atom is -0.310 e. The van der Waals surface area contributed by atoms with Crippen LogP contribution in [-0.4, -0.2) is 0 Å². The van der Waals surface area contributed by atoms with Crippen LogP contribution in [0.5, 0.6) is 0 Å². The summed E-state index contributed by atoms with van der Waals surface area (Å²) in [6.07, 6.45) is 0. The number of hydrogen-bond donors (Lipinski definition) is 0. The van der Waals surface area contributed by atoms with E-state index in [0.717, 1.165) is 17.1 Å². The van der Waals surface area contributed by atoms with Gasteiger partial charge < -0.3 is 4.90 Å². The Morgan fingerprint density at radius 3 is 1.51 bits per heavy atom. The van der Waals surface area contributed by atoms with Crippen molar-refractivity contribution in [3.63, 3.8) is 0 Å². The van der Waals surface area contributed by atoms with E-state index in [2.05, 4.69) is 231 Å². The SMILES string of the molecule is CC1(C)c2ccccc2-c2ccc(N(c3ccc(-c4ccccc4)cc3)c3ccc4ccc5c(c4c3)C(c3ccccc3)(c3ccccc3)c3ccccc3-5)cc21. The predicted octanol–water partition coefficient (Wildman–Crippen LogP) is 14.6. The van der Waals surface area contributed by atoms with Crippen LogP contribution in [0.3, 0.4) is 0 Å². The summed E-state index contributed by atoms with van der Waals surface area (Å²) < 4.78 is 0. The van der Waals surface area contributed by atoms with Crippen molar-refractivity contribution in [2.24, 2.45) is 0 Å². The highest BCUT2D eigenvalue weighted by atomic mass is 15.1. The van der Waals surface area contributed by atoms with Gasteiger partial charge in [-0.25, -0.2) is 0 Å². The molecule has 0 heterocycles. The maximum atomic E-state index is 2.46. The second-order valence-electron chi connectivity index (χ2n) is 16.1. The van der Waals surface area contributed by atoms with Gasteiger partial charge in [0.2, 0.25) is 0 Å². The van der Waals surface area contributed by atoms with E-state index in [1.807, 2.05) is 0 Å². The highest BCUT2D eigenvalue weighted by Gasteiger charge is 2.47. The van der Waals surface area contributed by atoms with E-state index >= 15 is 0 Å². The lowest BCUT2D eigenvalue weighted by atomic mass is 9.66. The summed E-state index contributed by atoms with van der Waals surface area (Å²) in [5.41, 5.74) is 18.4. The molecule has 1 heteroatoms.